The van der Waals surface area contributed by atoms with Crippen molar-refractivity contribution in [2.24, 2.45) is 0 Å². The lowest BCUT2D eigenvalue weighted by Gasteiger charge is -2.12. The fraction of sp³-hybridized carbons (Fsp3) is 0.583. The van der Waals surface area contributed by atoms with Gasteiger partial charge >= 0.3 is 0 Å². The third-order valence-electron chi connectivity index (χ3n) is 2.25. The Kier molecular flexibility index (Phi) is 5.05. The lowest BCUT2D eigenvalue weighted by molar-refractivity contribution is -0.121. The number of amides is 1. The largest absolute Gasteiger partial charge is 0.467 e. The van der Waals surface area contributed by atoms with Crippen molar-refractivity contribution in [3.05, 3.63) is 24.2 Å². The van der Waals surface area contributed by atoms with E-state index in [2.05, 4.69) is 24.5 Å². The Hall–Kier alpha value is -1.29. The second-order valence-electron chi connectivity index (χ2n) is 4.16. The molecule has 1 aromatic heterocycles. The molecule has 4 heteroatoms. The maximum absolute atomic E-state index is 11.5. The zero-order chi connectivity index (χ0) is 12.0. The van der Waals surface area contributed by atoms with Crippen molar-refractivity contribution in [1.82, 2.24) is 10.6 Å². The maximum atomic E-state index is 11.5. The molecule has 1 unspecified atom stereocenters. The molecule has 0 bridgehead atoms. The van der Waals surface area contributed by atoms with E-state index in [-0.39, 0.29) is 11.9 Å². The smallest absolute Gasteiger partial charge is 0.221 e. The first-order chi connectivity index (χ1) is 7.59. The average Bonchev–Trinajstić information content (AvgIpc) is 2.69. The number of hydrogen-bond acceptors (Lipinski definition) is 3. The molecule has 0 fully saturated rings. The lowest BCUT2D eigenvalue weighted by Crippen LogP contribution is -2.31. The van der Waals surface area contributed by atoms with Gasteiger partial charge in [0.25, 0.3) is 0 Å². The van der Waals surface area contributed by atoms with E-state index in [1.807, 2.05) is 19.1 Å². The molecule has 1 atom stereocenters. The molecule has 1 aromatic rings. The molecule has 0 saturated carbocycles. The fourth-order valence-corrected chi connectivity index (χ4v) is 1.40. The quantitative estimate of drug-likeness (QED) is 0.775. The molecule has 0 saturated heterocycles. The first kappa shape index (κ1) is 12.8. The molecule has 2 N–H and O–H groups in total. The summed E-state index contributed by atoms with van der Waals surface area (Å²) in [4.78, 5) is 11.5. The van der Waals surface area contributed by atoms with Crippen LogP contribution in [-0.2, 0) is 4.79 Å². The van der Waals surface area contributed by atoms with Crippen molar-refractivity contribution in [2.75, 3.05) is 6.54 Å². The lowest BCUT2D eigenvalue weighted by atomic mass is 10.2. The zero-order valence-corrected chi connectivity index (χ0v) is 10.1. The van der Waals surface area contributed by atoms with Gasteiger partial charge in [-0.15, -0.1) is 0 Å². The third-order valence-corrected chi connectivity index (χ3v) is 2.25. The molecule has 0 aliphatic heterocycles. The Morgan fingerprint density at radius 2 is 2.19 bits per heavy atom. The van der Waals surface area contributed by atoms with Gasteiger partial charge in [0.15, 0.2) is 0 Å². The molecule has 4 nitrogen and oxygen atoms in total. The Bertz CT molecular complexity index is 307. The summed E-state index contributed by atoms with van der Waals surface area (Å²) in [6, 6.07) is 4.02. The topological polar surface area (TPSA) is 54.3 Å². The van der Waals surface area contributed by atoms with Crippen molar-refractivity contribution in [2.45, 2.75) is 39.3 Å². The third kappa shape index (κ3) is 4.49. The minimum absolute atomic E-state index is 0.0389. The molecule has 0 spiro atoms. The summed E-state index contributed by atoms with van der Waals surface area (Å²) < 4.78 is 5.21. The molecular formula is C12H20N2O2. The van der Waals surface area contributed by atoms with Crippen LogP contribution in [0.25, 0.3) is 0 Å². The van der Waals surface area contributed by atoms with Gasteiger partial charge in [-0.1, -0.05) is 13.8 Å². The van der Waals surface area contributed by atoms with E-state index in [0.29, 0.717) is 19.0 Å². The number of hydrogen-bond donors (Lipinski definition) is 2. The van der Waals surface area contributed by atoms with Crippen LogP contribution in [0.5, 0.6) is 0 Å². The average molecular weight is 224 g/mol. The van der Waals surface area contributed by atoms with E-state index in [4.69, 9.17) is 4.42 Å². The Morgan fingerprint density at radius 1 is 1.44 bits per heavy atom. The second kappa shape index (κ2) is 6.33. The Balaban J connectivity index is 2.24. The van der Waals surface area contributed by atoms with Crippen LogP contribution < -0.4 is 10.6 Å². The van der Waals surface area contributed by atoms with Gasteiger partial charge in [0, 0.05) is 19.0 Å². The molecule has 0 radical (unpaired) electrons. The molecule has 1 heterocycles. The minimum Gasteiger partial charge on any atom is -0.467 e. The maximum Gasteiger partial charge on any atom is 0.221 e. The molecular weight excluding hydrogens is 204 g/mol. The SMILES string of the molecule is CC(C)NCCC(=O)NC(C)c1ccco1. The first-order valence-corrected chi connectivity index (χ1v) is 5.65. The van der Waals surface area contributed by atoms with Crippen molar-refractivity contribution in [3.8, 4) is 0 Å². The zero-order valence-electron chi connectivity index (χ0n) is 10.1. The van der Waals surface area contributed by atoms with Gasteiger partial charge < -0.3 is 15.1 Å². The molecule has 90 valence electrons. The van der Waals surface area contributed by atoms with Crippen molar-refractivity contribution >= 4 is 5.91 Å². The van der Waals surface area contributed by atoms with Crippen LogP contribution in [0.3, 0.4) is 0 Å². The van der Waals surface area contributed by atoms with Gasteiger partial charge in [-0.2, -0.15) is 0 Å². The summed E-state index contributed by atoms with van der Waals surface area (Å²) in [5.74, 6) is 0.821. The number of rotatable bonds is 6. The van der Waals surface area contributed by atoms with E-state index < -0.39 is 0 Å². The fourth-order valence-electron chi connectivity index (χ4n) is 1.40. The minimum atomic E-state index is -0.0680. The molecule has 1 amide bonds. The second-order valence-corrected chi connectivity index (χ2v) is 4.16. The summed E-state index contributed by atoms with van der Waals surface area (Å²) in [7, 11) is 0. The highest BCUT2D eigenvalue weighted by molar-refractivity contribution is 5.76. The predicted molar refractivity (Wildman–Crippen MR) is 63.0 cm³/mol. The van der Waals surface area contributed by atoms with Gasteiger partial charge in [0.05, 0.1) is 12.3 Å². The normalized spacial score (nSPS) is 12.8. The van der Waals surface area contributed by atoms with Gasteiger partial charge in [-0.25, -0.2) is 0 Å². The first-order valence-electron chi connectivity index (χ1n) is 5.65. The molecule has 1 rings (SSSR count). The van der Waals surface area contributed by atoms with Crippen LogP contribution in [0.2, 0.25) is 0 Å². The molecule has 0 aromatic carbocycles. The highest BCUT2D eigenvalue weighted by atomic mass is 16.3. The van der Waals surface area contributed by atoms with Crippen LogP contribution in [0.1, 0.15) is 39.0 Å². The summed E-state index contributed by atoms with van der Waals surface area (Å²) in [6.45, 7) is 6.73. The van der Waals surface area contributed by atoms with Crippen LogP contribution in [-0.4, -0.2) is 18.5 Å². The molecule has 16 heavy (non-hydrogen) atoms. The highest BCUT2D eigenvalue weighted by Gasteiger charge is 2.11. The van der Waals surface area contributed by atoms with Gasteiger partial charge in [0.2, 0.25) is 5.91 Å². The summed E-state index contributed by atoms with van der Waals surface area (Å²) in [5.41, 5.74) is 0. The van der Waals surface area contributed by atoms with Crippen LogP contribution in [0.4, 0.5) is 0 Å². The van der Waals surface area contributed by atoms with Crippen molar-refractivity contribution < 1.29 is 9.21 Å². The summed E-state index contributed by atoms with van der Waals surface area (Å²) in [5, 5.41) is 6.08. The predicted octanol–water partition coefficient (Wildman–Crippen LogP) is 1.84. The van der Waals surface area contributed by atoms with Crippen LogP contribution in [0, 0.1) is 0 Å². The van der Waals surface area contributed by atoms with Crippen molar-refractivity contribution in [3.63, 3.8) is 0 Å². The van der Waals surface area contributed by atoms with E-state index >= 15 is 0 Å². The van der Waals surface area contributed by atoms with Gasteiger partial charge in [-0.3, -0.25) is 4.79 Å². The standard InChI is InChI=1S/C12H20N2O2/c1-9(2)13-7-6-12(15)14-10(3)11-5-4-8-16-11/h4-5,8-10,13H,6-7H2,1-3H3,(H,14,15). The van der Waals surface area contributed by atoms with E-state index in [0.717, 1.165) is 5.76 Å². The van der Waals surface area contributed by atoms with Gasteiger partial charge in [0.1, 0.15) is 5.76 Å². The monoisotopic (exact) mass is 224 g/mol. The Labute approximate surface area is 96.4 Å². The number of carbonyl (C=O) groups excluding carboxylic acids is 1. The molecule has 0 aliphatic rings. The van der Waals surface area contributed by atoms with E-state index in [1.54, 1.807) is 6.26 Å². The number of nitrogens with one attached hydrogen (secondary N) is 2. The van der Waals surface area contributed by atoms with E-state index in [1.165, 1.54) is 0 Å². The number of furan rings is 1. The van der Waals surface area contributed by atoms with Crippen LogP contribution in [0.15, 0.2) is 22.8 Å². The van der Waals surface area contributed by atoms with Crippen molar-refractivity contribution in [1.29, 1.82) is 0 Å². The van der Waals surface area contributed by atoms with Gasteiger partial charge in [-0.05, 0) is 19.1 Å². The Morgan fingerprint density at radius 3 is 2.75 bits per heavy atom. The summed E-state index contributed by atoms with van der Waals surface area (Å²) >= 11 is 0. The number of carbonyl (C=O) groups is 1. The molecule has 0 aliphatic carbocycles. The van der Waals surface area contributed by atoms with E-state index in [9.17, 15) is 4.79 Å². The summed E-state index contributed by atoms with van der Waals surface area (Å²) in [6.07, 6.45) is 2.10. The van der Waals surface area contributed by atoms with Crippen LogP contribution >= 0.6 is 0 Å². The highest BCUT2D eigenvalue weighted by Crippen LogP contribution is 2.11.